The van der Waals surface area contributed by atoms with E-state index in [0.29, 0.717) is 10.9 Å². The van der Waals surface area contributed by atoms with Crippen LogP contribution in [-0.2, 0) is 6.54 Å². The van der Waals surface area contributed by atoms with E-state index >= 15 is 0 Å². The molecule has 0 bridgehead atoms. The molecule has 1 aliphatic rings. The first kappa shape index (κ1) is 7.12. The molecule has 130 valence electrons. The Labute approximate surface area is 176 Å². The highest BCUT2D eigenvalue weighted by atomic mass is 15.1. The van der Waals surface area contributed by atoms with Gasteiger partial charge in [0.05, 0.1) is 17.7 Å². The van der Waals surface area contributed by atoms with Crippen molar-refractivity contribution >= 4 is 27.3 Å². The SMILES string of the molecule is [2H]c1c([2H])c(C)c(-c2c([2H])n3c4c5c(c([2H])c([2H])c([2H])c5c5c([2H])c(C)c([2H])c([2H])c5[n+]24)C3)c(C([2H])([2H])[2H])c1[2H]. The van der Waals surface area contributed by atoms with Gasteiger partial charge in [0.2, 0.25) is 0 Å². The minimum absolute atomic E-state index is 0.0425. The van der Waals surface area contributed by atoms with Crippen LogP contribution in [0.5, 0.6) is 0 Å². The van der Waals surface area contributed by atoms with Crippen LogP contribution in [0.15, 0.2) is 60.6 Å². The molecule has 1 aliphatic heterocycles. The topological polar surface area (TPSA) is 9.03 Å². The molecule has 3 aromatic carbocycles. The second kappa shape index (κ2) is 4.98. The molecule has 27 heavy (non-hydrogen) atoms. The molecule has 0 saturated carbocycles. The van der Waals surface area contributed by atoms with E-state index < -0.39 is 24.5 Å². The Morgan fingerprint density at radius 1 is 1.00 bits per heavy atom. The molecule has 3 heterocycles. The lowest BCUT2D eigenvalue weighted by Gasteiger charge is -2.09. The Bertz CT molecular complexity index is 2040. The maximum atomic E-state index is 9.20. The van der Waals surface area contributed by atoms with Gasteiger partial charge >= 0.3 is 0 Å². The highest BCUT2D eigenvalue weighted by molar-refractivity contribution is 6.11. The van der Waals surface area contributed by atoms with E-state index in [2.05, 4.69) is 0 Å². The Kier molecular flexibility index (Phi) is 1.31. The smallest absolute Gasteiger partial charge is 0.225 e. The van der Waals surface area contributed by atoms with Crippen LogP contribution in [0.25, 0.3) is 38.6 Å². The summed E-state index contributed by atoms with van der Waals surface area (Å²) in [5.41, 5.74) is -0.00975. The number of hydrogen-bond acceptors (Lipinski definition) is 0. The predicted molar refractivity (Wildman–Crippen MR) is 111 cm³/mol. The van der Waals surface area contributed by atoms with Crippen molar-refractivity contribution in [3.63, 3.8) is 0 Å². The van der Waals surface area contributed by atoms with Crippen LogP contribution in [-0.4, -0.2) is 4.57 Å². The number of rotatable bonds is 1. The van der Waals surface area contributed by atoms with Crippen LogP contribution in [0.4, 0.5) is 0 Å². The molecule has 0 spiro atoms. The molecule has 2 heteroatoms. The number of fused-ring (bicyclic) bond motifs is 3. The van der Waals surface area contributed by atoms with Gasteiger partial charge in [0.15, 0.2) is 5.69 Å². The lowest BCUT2D eigenvalue weighted by Crippen LogP contribution is -2.24. The molecular formula is C25H21N2+. The van der Waals surface area contributed by atoms with Gasteiger partial charge in [-0.25, -0.2) is 4.57 Å². The minimum atomic E-state index is -2.91. The maximum absolute atomic E-state index is 9.20. The molecule has 0 atom stereocenters. The monoisotopic (exact) mass is 362 g/mol. The van der Waals surface area contributed by atoms with Crippen molar-refractivity contribution in [3.05, 3.63) is 82.8 Å². The largest absolute Gasteiger partial charge is 0.295 e. The van der Waals surface area contributed by atoms with Gasteiger partial charge in [0, 0.05) is 26.0 Å². The molecule has 0 unspecified atom stereocenters. The van der Waals surface area contributed by atoms with Crippen LogP contribution in [0.2, 0.25) is 0 Å². The van der Waals surface area contributed by atoms with Crippen LogP contribution in [0.3, 0.4) is 0 Å². The zero-order valence-corrected chi connectivity index (χ0v) is 14.6. The summed E-state index contributed by atoms with van der Waals surface area (Å²) in [5, 5.41) is 0.533. The summed E-state index contributed by atoms with van der Waals surface area (Å²) in [6.07, 6.45) is -0.259. The van der Waals surface area contributed by atoms with Gasteiger partial charge in [-0.05, 0) is 43.9 Å². The van der Waals surface area contributed by atoms with Crippen molar-refractivity contribution in [2.75, 3.05) is 0 Å². The maximum Gasteiger partial charge on any atom is 0.295 e. The van der Waals surface area contributed by atoms with Crippen LogP contribution >= 0.6 is 0 Å². The Hall–Kier alpha value is -3.13. The average molecular weight is 363 g/mol. The fourth-order valence-corrected chi connectivity index (χ4v) is 4.00. The molecule has 6 rings (SSSR count). The summed E-state index contributed by atoms with van der Waals surface area (Å²) >= 11 is 0. The van der Waals surface area contributed by atoms with E-state index in [1.54, 1.807) is 0 Å². The van der Waals surface area contributed by atoms with Gasteiger partial charge in [0.1, 0.15) is 19.6 Å². The van der Waals surface area contributed by atoms with E-state index in [-0.39, 0.29) is 99.3 Å². The van der Waals surface area contributed by atoms with Gasteiger partial charge in [0.25, 0.3) is 5.65 Å². The molecule has 0 aliphatic carbocycles. The predicted octanol–water partition coefficient (Wildman–Crippen LogP) is 5.49. The number of pyridine rings is 1. The third-order valence-electron chi connectivity index (χ3n) is 5.12. The van der Waals surface area contributed by atoms with Crippen molar-refractivity contribution in [2.24, 2.45) is 0 Å². The normalized spacial score (nSPS) is 20.1. The zero-order chi connectivity index (χ0) is 29.5. The summed E-state index contributed by atoms with van der Waals surface area (Å²) in [4.78, 5) is 0. The number of aromatic nitrogens is 2. The Balaban J connectivity index is 2.04. The van der Waals surface area contributed by atoms with E-state index in [1.165, 1.54) is 22.8 Å². The minimum Gasteiger partial charge on any atom is -0.225 e. The third-order valence-corrected chi connectivity index (χ3v) is 5.12. The quantitative estimate of drug-likeness (QED) is 0.270. The summed E-state index contributed by atoms with van der Waals surface area (Å²) in [6.45, 7) is -0.0444. The molecular weight excluding hydrogens is 328 g/mol. The van der Waals surface area contributed by atoms with E-state index in [1.807, 2.05) is 0 Å². The van der Waals surface area contributed by atoms with Gasteiger partial charge < -0.3 is 0 Å². The summed E-state index contributed by atoms with van der Waals surface area (Å²) in [6, 6.07) is -3.34. The van der Waals surface area contributed by atoms with Crippen molar-refractivity contribution in [2.45, 2.75) is 27.2 Å². The van der Waals surface area contributed by atoms with Crippen LogP contribution < -0.4 is 4.40 Å². The number of nitrogens with zero attached hydrogens (tertiary/aromatic N) is 2. The van der Waals surface area contributed by atoms with Crippen LogP contribution in [0, 0.1) is 20.7 Å². The van der Waals surface area contributed by atoms with Gasteiger partial charge in [-0.3, -0.25) is 0 Å². The highest BCUT2D eigenvalue weighted by Crippen LogP contribution is 2.37. The van der Waals surface area contributed by atoms with Gasteiger partial charge in [-0.2, -0.15) is 4.40 Å². The summed E-state index contributed by atoms with van der Waals surface area (Å²) < 4.78 is 114. The molecule has 2 aromatic heterocycles. The first-order valence-corrected chi connectivity index (χ1v) is 8.54. The van der Waals surface area contributed by atoms with Crippen molar-refractivity contribution in [3.8, 4) is 11.3 Å². The van der Waals surface area contributed by atoms with Crippen molar-refractivity contribution < 1.29 is 22.2 Å². The van der Waals surface area contributed by atoms with E-state index in [0.717, 1.165) is 0 Å². The number of hydrogen-bond donors (Lipinski definition) is 0. The molecule has 0 N–H and O–H groups in total. The number of imidazole rings is 1. The molecule has 0 fully saturated rings. The van der Waals surface area contributed by atoms with Crippen LogP contribution in [0.1, 0.15) is 40.1 Å². The molecule has 5 aromatic rings. The summed E-state index contributed by atoms with van der Waals surface area (Å²) in [7, 11) is 0. The number of benzene rings is 3. The van der Waals surface area contributed by atoms with Crippen molar-refractivity contribution in [1.29, 1.82) is 0 Å². The lowest BCUT2D eigenvalue weighted by atomic mass is 9.98. The van der Waals surface area contributed by atoms with E-state index in [4.69, 9.17) is 16.4 Å². The standard InChI is InChI=1S/C25H21N2/c1-15-10-11-21-20(12-15)19-9-5-8-18-13-26-14-22(27(21)25(26)24(18)19)23-16(2)6-4-7-17(23)3/h4-12,14H,13H2,1-3H3/q+1/i2D3,4D,5D,6D,7D,8D,9D,10D,11D,12D,14D. The highest BCUT2D eigenvalue weighted by Gasteiger charge is 2.31. The van der Waals surface area contributed by atoms with Gasteiger partial charge in [-0.1, -0.05) is 47.9 Å². The Morgan fingerprint density at radius 2 is 1.85 bits per heavy atom. The zero-order valence-electron chi connectivity index (χ0n) is 27.6. The fourth-order valence-electron chi connectivity index (χ4n) is 4.00. The molecule has 0 radical (unpaired) electrons. The first-order valence-electron chi connectivity index (χ1n) is 15.0. The summed E-state index contributed by atoms with van der Waals surface area (Å²) in [5.74, 6) is 0. The van der Waals surface area contributed by atoms with Gasteiger partial charge in [-0.15, -0.1) is 0 Å². The van der Waals surface area contributed by atoms with E-state index in [9.17, 15) is 1.37 Å². The second-order valence-corrected chi connectivity index (χ2v) is 6.78. The first-order chi connectivity index (χ1) is 18.5. The lowest BCUT2D eigenvalue weighted by molar-refractivity contribution is -0.466. The second-order valence-electron chi connectivity index (χ2n) is 6.78. The Morgan fingerprint density at radius 3 is 2.74 bits per heavy atom. The molecule has 0 amide bonds. The average Bonchev–Trinajstić information content (AvgIpc) is 3.41. The third kappa shape index (κ3) is 1.83. The molecule has 2 nitrogen and oxygen atoms in total. The van der Waals surface area contributed by atoms with Crippen molar-refractivity contribution in [1.82, 2.24) is 4.57 Å². The molecule has 0 saturated heterocycles. The fraction of sp³-hybridized carbons (Fsp3) is 0.160.